The quantitative estimate of drug-likeness (QED) is 0.319. The maximum Gasteiger partial charge on any atom is 0.263 e. The van der Waals surface area contributed by atoms with Crippen LogP contribution in [-0.4, -0.2) is 85.5 Å². The molecule has 2 saturated carbocycles. The standard InChI is InChI=1S/C35H58N2O5Si/c1-24-33(43(3,4)28-17-15-27(41-2)16-18-28)31(19-21-38)42-35(24)29-12-5-6-13-30(29)37(34(35)40)23-25-10-9-11-26(22-25)36-20-8-7-14-32(36)39/h24-28,31,33,38H,5-23H2,1-4H3/t24-,25?,26?,27?,28?,31+,33-,35+/m0/s1. The zero-order valence-corrected chi connectivity index (χ0v) is 28.5. The Balaban J connectivity index is 1.25. The number of carbonyl (C=O) groups excluding carboxylic acids is 2. The molecule has 3 heterocycles. The van der Waals surface area contributed by atoms with Crippen LogP contribution in [0.3, 0.4) is 0 Å². The number of carbonyl (C=O) groups is 2. The van der Waals surface area contributed by atoms with Gasteiger partial charge in [0.15, 0.2) is 5.60 Å². The van der Waals surface area contributed by atoms with Crippen LogP contribution in [0.15, 0.2) is 11.3 Å². The van der Waals surface area contributed by atoms with Gasteiger partial charge in [0.2, 0.25) is 5.91 Å². The summed E-state index contributed by atoms with van der Waals surface area (Å²) in [5.74, 6) is 1.07. The van der Waals surface area contributed by atoms with Gasteiger partial charge in [0, 0.05) is 50.9 Å². The van der Waals surface area contributed by atoms with Gasteiger partial charge in [-0.3, -0.25) is 9.59 Å². The predicted molar refractivity (Wildman–Crippen MR) is 171 cm³/mol. The van der Waals surface area contributed by atoms with E-state index in [4.69, 9.17) is 9.47 Å². The van der Waals surface area contributed by atoms with Crippen LogP contribution in [0, 0.1) is 11.8 Å². The molecule has 3 aliphatic heterocycles. The van der Waals surface area contributed by atoms with Crippen LogP contribution < -0.4 is 0 Å². The lowest BCUT2D eigenvalue weighted by molar-refractivity contribution is -0.150. The number of piperidine rings is 1. The number of hydrogen-bond donors (Lipinski definition) is 1. The van der Waals surface area contributed by atoms with E-state index in [2.05, 4.69) is 29.8 Å². The summed E-state index contributed by atoms with van der Waals surface area (Å²) in [6, 6.07) is 0.331. The van der Waals surface area contributed by atoms with Crippen molar-refractivity contribution in [2.45, 2.75) is 158 Å². The minimum absolute atomic E-state index is 0.0643. The number of likely N-dealkylation sites (tertiary alicyclic amines) is 1. The average Bonchev–Trinajstić information content (AvgIpc) is 3.44. The Morgan fingerprint density at radius 1 is 0.977 bits per heavy atom. The van der Waals surface area contributed by atoms with Crippen molar-refractivity contribution in [3.05, 3.63) is 11.3 Å². The molecule has 0 aromatic heterocycles. The molecule has 6 rings (SSSR count). The lowest BCUT2D eigenvalue weighted by Gasteiger charge is -2.45. The van der Waals surface area contributed by atoms with Gasteiger partial charge >= 0.3 is 0 Å². The molecule has 0 bridgehead atoms. The highest BCUT2D eigenvalue weighted by Crippen LogP contribution is 2.61. The summed E-state index contributed by atoms with van der Waals surface area (Å²) in [4.78, 5) is 32.0. The number of rotatable bonds is 8. The van der Waals surface area contributed by atoms with Gasteiger partial charge in [-0.25, -0.2) is 0 Å². The minimum Gasteiger partial charge on any atom is -0.396 e. The van der Waals surface area contributed by atoms with Crippen LogP contribution in [0.4, 0.5) is 0 Å². The second kappa shape index (κ2) is 12.9. The van der Waals surface area contributed by atoms with Crippen molar-refractivity contribution < 1.29 is 24.2 Å². The minimum atomic E-state index is -1.88. The molecule has 6 atom stereocenters. The molecule has 0 aromatic carbocycles. The second-order valence-electron chi connectivity index (χ2n) is 15.5. The number of ether oxygens (including phenoxy) is 2. The molecule has 0 aromatic rings. The smallest absolute Gasteiger partial charge is 0.263 e. The topological polar surface area (TPSA) is 79.3 Å². The predicted octanol–water partition coefficient (Wildman–Crippen LogP) is 6.42. The zero-order chi connectivity index (χ0) is 30.4. The lowest BCUT2D eigenvalue weighted by atomic mass is 9.78. The molecule has 7 nitrogen and oxygen atoms in total. The molecule has 2 unspecified atom stereocenters. The Morgan fingerprint density at radius 3 is 2.44 bits per heavy atom. The first-order valence-electron chi connectivity index (χ1n) is 17.9. The molecule has 1 N–H and O–H groups in total. The molecular formula is C35H58N2O5Si. The number of fused-ring (bicyclic) bond motifs is 1. The number of amides is 2. The Labute approximate surface area is 261 Å². The molecule has 0 radical (unpaired) electrons. The van der Waals surface area contributed by atoms with E-state index in [0.29, 0.717) is 47.9 Å². The second-order valence-corrected chi connectivity index (χ2v) is 20.7. The van der Waals surface area contributed by atoms with Gasteiger partial charge in [-0.15, -0.1) is 0 Å². The van der Waals surface area contributed by atoms with Gasteiger partial charge in [0.25, 0.3) is 5.91 Å². The van der Waals surface area contributed by atoms with E-state index in [1.165, 1.54) is 24.1 Å². The molecule has 1 spiro atoms. The summed E-state index contributed by atoms with van der Waals surface area (Å²) in [7, 11) is -0.0344. The summed E-state index contributed by atoms with van der Waals surface area (Å²) in [5.41, 5.74) is 2.73. The van der Waals surface area contributed by atoms with E-state index in [1.807, 2.05) is 7.11 Å². The summed E-state index contributed by atoms with van der Waals surface area (Å²) in [5, 5.41) is 10.2. The zero-order valence-electron chi connectivity index (χ0n) is 27.5. The highest BCUT2D eigenvalue weighted by atomic mass is 28.3. The normalized spacial score (nSPS) is 39.2. The van der Waals surface area contributed by atoms with Gasteiger partial charge in [0.05, 0.1) is 20.3 Å². The maximum absolute atomic E-state index is 14.9. The molecule has 3 aliphatic carbocycles. The fraction of sp³-hybridized carbons (Fsp3) is 0.886. The van der Waals surface area contributed by atoms with Gasteiger partial charge in [0.1, 0.15) is 0 Å². The van der Waals surface area contributed by atoms with Crippen LogP contribution in [0.1, 0.15) is 110 Å². The Bertz CT molecular complexity index is 1070. The van der Waals surface area contributed by atoms with Crippen molar-refractivity contribution >= 4 is 19.9 Å². The van der Waals surface area contributed by atoms with E-state index < -0.39 is 13.7 Å². The molecule has 4 fully saturated rings. The SMILES string of the molecule is COC1CCC([Si](C)(C)[C@@H]2[C@@H](CCO)O[C@]3(C(=O)N(CC4CCCC(N5CCCCC5=O)C4)C4=C3CCCC4)[C@H]2C)CC1. The third-order valence-corrected chi connectivity index (χ3v) is 18.3. The first-order chi connectivity index (χ1) is 20.7. The molecule has 8 heteroatoms. The van der Waals surface area contributed by atoms with Gasteiger partial charge < -0.3 is 24.4 Å². The van der Waals surface area contributed by atoms with Crippen LogP contribution in [0.5, 0.6) is 0 Å². The summed E-state index contributed by atoms with van der Waals surface area (Å²) >= 11 is 0. The number of aliphatic hydroxyl groups excluding tert-OH is 1. The van der Waals surface area contributed by atoms with Crippen molar-refractivity contribution in [1.82, 2.24) is 9.80 Å². The van der Waals surface area contributed by atoms with E-state index in [1.54, 1.807) is 0 Å². The van der Waals surface area contributed by atoms with Crippen LogP contribution >= 0.6 is 0 Å². The van der Waals surface area contributed by atoms with Crippen LogP contribution in [0.25, 0.3) is 0 Å². The molecule has 2 saturated heterocycles. The van der Waals surface area contributed by atoms with Crippen LogP contribution in [-0.2, 0) is 19.1 Å². The lowest BCUT2D eigenvalue weighted by Crippen LogP contribution is -2.51. The van der Waals surface area contributed by atoms with Crippen LogP contribution in [0.2, 0.25) is 24.2 Å². The molecule has 6 aliphatic rings. The van der Waals surface area contributed by atoms with Crippen molar-refractivity contribution in [3.63, 3.8) is 0 Å². The largest absolute Gasteiger partial charge is 0.396 e. The van der Waals surface area contributed by atoms with Crippen molar-refractivity contribution in [2.24, 2.45) is 11.8 Å². The molecule has 242 valence electrons. The van der Waals surface area contributed by atoms with Crippen molar-refractivity contribution in [3.8, 4) is 0 Å². The summed E-state index contributed by atoms with van der Waals surface area (Å²) in [6.07, 6.45) is 17.0. The number of nitrogens with zero attached hydrogens (tertiary/aromatic N) is 2. The third kappa shape index (κ3) is 5.59. The number of methoxy groups -OCH3 is 1. The molecular weight excluding hydrogens is 556 g/mol. The van der Waals surface area contributed by atoms with Gasteiger partial charge in [-0.1, -0.05) is 39.3 Å². The fourth-order valence-electron chi connectivity index (χ4n) is 10.8. The average molecular weight is 615 g/mol. The highest BCUT2D eigenvalue weighted by Gasteiger charge is 2.67. The summed E-state index contributed by atoms with van der Waals surface area (Å²) < 4.78 is 12.9. The monoisotopic (exact) mass is 614 g/mol. The number of aliphatic hydroxyl groups is 1. The van der Waals surface area contributed by atoms with E-state index in [9.17, 15) is 14.7 Å². The maximum atomic E-state index is 14.9. The van der Waals surface area contributed by atoms with E-state index >= 15 is 0 Å². The Hall–Kier alpha value is -1.22. The number of allylic oxidation sites excluding steroid dienone is 1. The summed E-state index contributed by atoms with van der Waals surface area (Å²) in [6.45, 7) is 9.21. The van der Waals surface area contributed by atoms with Crippen molar-refractivity contribution in [2.75, 3.05) is 26.8 Å². The van der Waals surface area contributed by atoms with Gasteiger partial charge in [-0.2, -0.15) is 0 Å². The first kappa shape index (κ1) is 31.7. The Morgan fingerprint density at radius 2 is 1.72 bits per heavy atom. The first-order valence-corrected chi connectivity index (χ1v) is 21.0. The van der Waals surface area contributed by atoms with E-state index in [-0.39, 0.29) is 24.5 Å². The third-order valence-electron chi connectivity index (χ3n) is 13.0. The van der Waals surface area contributed by atoms with Gasteiger partial charge in [-0.05, 0) is 99.6 Å². The number of hydrogen-bond acceptors (Lipinski definition) is 5. The Kier molecular flexibility index (Phi) is 9.51. The van der Waals surface area contributed by atoms with Crippen molar-refractivity contribution in [1.29, 1.82) is 0 Å². The van der Waals surface area contributed by atoms with E-state index in [0.717, 1.165) is 90.1 Å². The molecule has 2 amide bonds. The highest BCUT2D eigenvalue weighted by molar-refractivity contribution is 6.80. The molecule has 43 heavy (non-hydrogen) atoms. The fourth-order valence-corrected chi connectivity index (χ4v) is 15.9.